The first-order valence-electron chi connectivity index (χ1n) is 6.75. The number of primary amides is 1. The molecule has 1 atom stereocenters. The fraction of sp³-hybridized carbons (Fsp3) is 0.667. The highest BCUT2D eigenvalue weighted by molar-refractivity contribution is 5.81. The van der Waals surface area contributed by atoms with Crippen molar-refractivity contribution in [3.05, 3.63) is 0 Å². The molecule has 4 N–H and O–H groups in total. The number of aromatic nitrogens is 3. The topological polar surface area (TPSA) is 115 Å². The second-order valence-electron chi connectivity index (χ2n) is 4.31. The zero-order valence-electron chi connectivity index (χ0n) is 12.1. The minimum atomic E-state index is -0.574. The third-order valence-electron chi connectivity index (χ3n) is 2.36. The Morgan fingerprint density at radius 3 is 2.55 bits per heavy atom. The minimum absolute atomic E-state index is 0.222. The van der Waals surface area contributed by atoms with Gasteiger partial charge in [-0.3, -0.25) is 4.79 Å². The monoisotopic (exact) mass is 282 g/mol. The fourth-order valence-corrected chi connectivity index (χ4v) is 1.26. The molecule has 20 heavy (non-hydrogen) atoms. The fourth-order valence-electron chi connectivity index (χ4n) is 1.26. The molecule has 0 aliphatic rings. The standard InChI is InChI=1S/C12H22N6O2/c1-4-6-14-10-16-11(15-8(3)9(13)19)18-12(17-10)20-7-5-2/h8H,4-7H2,1-3H3,(H2,13,19)(H2,14,15,16,17,18). The number of ether oxygens (including phenoxy) is 1. The van der Waals surface area contributed by atoms with Crippen molar-refractivity contribution in [3.8, 4) is 6.01 Å². The van der Waals surface area contributed by atoms with Gasteiger partial charge in [-0.25, -0.2) is 0 Å². The van der Waals surface area contributed by atoms with Gasteiger partial charge >= 0.3 is 6.01 Å². The van der Waals surface area contributed by atoms with Crippen molar-refractivity contribution in [1.29, 1.82) is 0 Å². The van der Waals surface area contributed by atoms with E-state index in [0.29, 0.717) is 12.6 Å². The second-order valence-corrected chi connectivity index (χ2v) is 4.31. The van der Waals surface area contributed by atoms with Crippen molar-refractivity contribution in [1.82, 2.24) is 15.0 Å². The number of amides is 1. The number of carbonyl (C=O) groups excluding carboxylic acids is 1. The van der Waals surface area contributed by atoms with Crippen LogP contribution >= 0.6 is 0 Å². The van der Waals surface area contributed by atoms with Gasteiger partial charge < -0.3 is 21.1 Å². The van der Waals surface area contributed by atoms with Crippen LogP contribution in [0.5, 0.6) is 6.01 Å². The lowest BCUT2D eigenvalue weighted by atomic mass is 10.3. The Bertz CT molecular complexity index is 414. The maximum atomic E-state index is 11.1. The van der Waals surface area contributed by atoms with E-state index in [1.54, 1.807) is 6.92 Å². The van der Waals surface area contributed by atoms with Crippen LogP contribution in [0, 0.1) is 0 Å². The summed E-state index contributed by atoms with van der Waals surface area (Å²) in [5.41, 5.74) is 5.20. The molecule has 1 heterocycles. The van der Waals surface area contributed by atoms with E-state index in [-0.39, 0.29) is 12.0 Å². The first kappa shape index (κ1) is 15.9. The molecule has 1 rings (SSSR count). The molecule has 0 saturated heterocycles. The summed E-state index contributed by atoms with van der Waals surface area (Å²) in [6.07, 6.45) is 1.79. The molecule has 1 aromatic rings. The summed E-state index contributed by atoms with van der Waals surface area (Å²) in [7, 11) is 0. The lowest BCUT2D eigenvalue weighted by Crippen LogP contribution is -2.33. The number of hydrogen-bond acceptors (Lipinski definition) is 7. The molecular weight excluding hydrogens is 260 g/mol. The van der Waals surface area contributed by atoms with Crippen LogP contribution in [-0.4, -0.2) is 40.1 Å². The highest BCUT2D eigenvalue weighted by Gasteiger charge is 2.13. The smallest absolute Gasteiger partial charge is 0.323 e. The number of nitrogens with two attached hydrogens (primary N) is 1. The van der Waals surface area contributed by atoms with Gasteiger partial charge in [-0.15, -0.1) is 0 Å². The van der Waals surface area contributed by atoms with Gasteiger partial charge in [0.1, 0.15) is 6.04 Å². The van der Waals surface area contributed by atoms with Gasteiger partial charge in [0.2, 0.25) is 17.8 Å². The van der Waals surface area contributed by atoms with E-state index in [2.05, 4.69) is 25.6 Å². The molecule has 0 aliphatic heterocycles. The lowest BCUT2D eigenvalue weighted by Gasteiger charge is -2.12. The van der Waals surface area contributed by atoms with Crippen LogP contribution in [0.15, 0.2) is 0 Å². The summed E-state index contributed by atoms with van der Waals surface area (Å²) in [6, 6.07) is -0.352. The first-order valence-corrected chi connectivity index (χ1v) is 6.75. The van der Waals surface area contributed by atoms with Gasteiger partial charge in [0.25, 0.3) is 0 Å². The van der Waals surface area contributed by atoms with Crippen molar-refractivity contribution in [2.45, 2.75) is 39.7 Å². The van der Waals surface area contributed by atoms with E-state index in [1.807, 2.05) is 13.8 Å². The van der Waals surface area contributed by atoms with Crippen LogP contribution in [-0.2, 0) is 4.79 Å². The number of anilines is 2. The quantitative estimate of drug-likeness (QED) is 0.612. The van der Waals surface area contributed by atoms with E-state index in [4.69, 9.17) is 10.5 Å². The van der Waals surface area contributed by atoms with Crippen molar-refractivity contribution in [3.63, 3.8) is 0 Å². The SMILES string of the molecule is CCCNc1nc(NC(C)C(N)=O)nc(OCCC)n1. The van der Waals surface area contributed by atoms with E-state index in [9.17, 15) is 4.79 Å². The highest BCUT2D eigenvalue weighted by Crippen LogP contribution is 2.12. The molecule has 0 spiro atoms. The third-order valence-corrected chi connectivity index (χ3v) is 2.36. The van der Waals surface area contributed by atoms with Gasteiger partial charge in [0.05, 0.1) is 6.61 Å². The van der Waals surface area contributed by atoms with E-state index >= 15 is 0 Å². The second kappa shape index (κ2) is 8.13. The Morgan fingerprint density at radius 2 is 1.95 bits per heavy atom. The first-order chi connectivity index (χ1) is 9.56. The molecule has 1 amide bonds. The van der Waals surface area contributed by atoms with Crippen LogP contribution in [0.2, 0.25) is 0 Å². The molecule has 8 heteroatoms. The zero-order valence-corrected chi connectivity index (χ0v) is 12.1. The van der Waals surface area contributed by atoms with Gasteiger partial charge in [0, 0.05) is 6.54 Å². The Balaban J connectivity index is 2.87. The predicted molar refractivity (Wildman–Crippen MR) is 76.7 cm³/mol. The van der Waals surface area contributed by atoms with Crippen molar-refractivity contribution >= 4 is 17.8 Å². The molecular formula is C12H22N6O2. The Morgan fingerprint density at radius 1 is 1.25 bits per heavy atom. The van der Waals surface area contributed by atoms with E-state index in [0.717, 1.165) is 19.4 Å². The number of carbonyl (C=O) groups is 1. The average Bonchev–Trinajstić information content (AvgIpc) is 2.42. The molecule has 8 nitrogen and oxygen atoms in total. The third kappa shape index (κ3) is 5.25. The normalized spacial score (nSPS) is 11.8. The van der Waals surface area contributed by atoms with Gasteiger partial charge in [-0.05, 0) is 19.8 Å². The maximum Gasteiger partial charge on any atom is 0.323 e. The average molecular weight is 282 g/mol. The number of nitrogens with zero attached hydrogens (tertiary/aromatic N) is 3. The number of rotatable bonds is 9. The van der Waals surface area contributed by atoms with E-state index < -0.39 is 11.9 Å². The van der Waals surface area contributed by atoms with Crippen LogP contribution < -0.4 is 21.1 Å². The largest absolute Gasteiger partial charge is 0.463 e. The highest BCUT2D eigenvalue weighted by atomic mass is 16.5. The zero-order chi connectivity index (χ0) is 15.0. The molecule has 1 aromatic heterocycles. The summed E-state index contributed by atoms with van der Waals surface area (Å²) >= 11 is 0. The summed E-state index contributed by atoms with van der Waals surface area (Å²) in [6.45, 7) is 6.92. The molecule has 0 fully saturated rings. The number of nitrogens with one attached hydrogen (secondary N) is 2. The van der Waals surface area contributed by atoms with Crippen molar-refractivity contribution in [2.24, 2.45) is 5.73 Å². The Kier molecular flexibility index (Phi) is 6.48. The lowest BCUT2D eigenvalue weighted by molar-refractivity contribution is -0.118. The van der Waals surface area contributed by atoms with E-state index in [1.165, 1.54) is 0 Å². The van der Waals surface area contributed by atoms with Crippen LogP contribution in [0.3, 0.4) is 0 Å². The van der Waals surface area contributed by atoms with Crippen LogP contribution in [0.1, 0.15) is 33.6 Å². The minimum Gasteiger partial charge on any atom is -0.463 e. The molecule has 0 saturated carbocycles. The summed E-state index contributed by atoms with van der Waals surface area (Å²) in [4.78, 5) is 23.5. The van der Waals surface area contributed by atoms with Crippen LogP contribution in [0.25, 0.3) is 0 Å². The molecule has 0 bridgehead atoms. The summed E-state index contributed by atoms with van der Waals surface area (Å²) < 4.78 is 5.40. The maximum absolute atomic E-state index is 11.1. The summed E-state index contributed by atoms with van der Waals surface area (Å²) in [5.74, 6) is 0.188. The molecule has 0 aromatic carbocycles. The van der Waals surface area contributed by atoms with Crippen molar-refractivity contribution < 1.29 is 9.53 Å². The van der Waals surface area contributed by atoms with Crippen molar-refractivity contribution in [2.75, 3.05) is 23.8 Å². The summed E-state index contributed by atoms with van der Waals surface area (Å²) in [5, 5.41) is 5.87. The molecule has 112 valence electrons. The predicted octanol–water partition coefficient (Wildman–Crippen LogP) is 0.768. The van der Waals surface area contributed by atoms with Crippen LogP contribution in [0.4, 0.5) is 11.9 Å². The Labute approximate surface area is 118 Å². The molecule has 1 unspecified atom stereocenters. The molecule has 0 aliphatic carbocycles. The molecule has 0 radical (unpaired) electrons. The van der Waals surface area contributed by atoms with Gasteiger partial charge in [-0.1, -0.05) is 13.8 Å². The Hall–Kier alpha value is -2.12. The van der Waals surface area contributed by atoms with Gasteiger partial charge in [0.15, 0.2) is 0 Å². The van der Waals surface area contributed by atoms with Gasteiger partial charge in [-0.2, -0.15) is 15.0 Å². The number of hydrogen-bond donors (Lipinski definition) is 3.